The van der Waals surface area contributed by atoms with Crippen LogP contribution in [-0.2, 0) is 4.79 Å². The van der Waals surface area contributed by atoms with Gasteiger partial charge >= 0.3 is 0 Å². The van der Waals surface area contributed by atoms with Crippen LogP contribution in [0.2, 0.25) is 5.02 Å². The number of nitro benzene ring substituents is 1. The summed E-state index contributed by atoms with van der Waals surface area (Å²) in [4.78, 5) is 50.9. The number of nitrogens with zero attached hydrogens (tertiary/aromatic N) is 6. The van der Waals surface area contributed by atoms with Crippen molar-refractivity contribution in [3.63, 3.8) is 0 Å². The Hall–Kier alpha value is -5.15. The number of benzene rings is 3. The molecule has 1 aliphatic heterocycles. The van der Waals surface area contributed by atoms with Gasteiger partial charge in [0.25, 0.3) is 17.5 Å². The predicted molar refractivity (Wildman–Crippen MR) is 152 cm³/mol. The van der Waals surface area contributed by atoms with Crippen molar-refractivity contribution >= 4 is 57.8 Å². The SMILES string of the molecule is CCN(CCCN1C(=O)c2ccccc2C1=O)c1ccc(/N=N/c2c(Cl)cc([N+](=O)[O-])cc2C#N)c(NC(C)=O)c1. The standard InChI is InChI=1S/C28H24ClN7O5/c1-3-34(11-6-12-35-27(38)21-7-4-5-8-22(21)28(35)39)19-9-10-24(25(15-19)31-17(2)37)32-33-26-18(16-30)13-20(36(40)41)14-23(26)29/h4-5,7-10,13-15H,3,6,11-12H2,1-2H3,(H,31,37)/b33-32+. The first-order chi connectivity index (χ1) is 19.6. The Bertz CT molecular complexity index is 1600. The maximum absolute atomic E-state index is 12.7. The topological polar surface area (TPSA) is 161 Å². The third kappa shape index (κ3) is 6.21. The van der Waals surface area contributed by atoms with E-state index in [1.807, 2.05) is 17.9 Å². The van der Waals surface area contributed by atoms with E-state index in [1.165, 1.54) is 11.8 Å². The average molecular weight is 574 g/mol. The van der Waals surface area contributed by atoms with Gasteiger partial charge in [0, 0.05) is 44.4 Å². The molecule has 12 nitrogen and oxygen atoms in total. The third-order valence-corrected chi connectivity index (χ3v) is 6.65. The van der Waals surface area contributed by atoms with Crippen LogP contribution in [-0.4, -0.2) is 47.2 Å². The van der Waals surface area contributed by atoms with Crippen molar-refractivity contribution in [2.45, 2.75) is 20.3 Å². The van der Waals surface area contributed by atoms with E-state index in [2.05, 4.69) is 15.5 Å². The quantitative estimate of drug-likeness (QED) is 0.134. The molecule has 0 saturated carbocycles. The number of fused-ring (bicyclic) bond motifs is 1. The van der Waals surface area contributed by atoms with Gasteiger partial charge in [0.2, 0.25) is 5.91 Å². The number of hydrogen-bond donors (Lipinski definition) is 1. The zero-order valence-electron chi connectivity index (χ0n) is 22.1. The lowest BCUT2D eigenvalue weighted by Gasteiger charge is -2.25. The Morgan fingerprint density at radius 2 is 1.80 bits per heavy atom. The molecule has 1 N–H and O–H groups in total. The van der Waals surface area contributed by atoms with Gasteiger partial charge in [-0.15, -0.1) is 10.2 Å². The van der Waals surface area contributed by atoms with Crippen molar-refractivity contribution in [3.8, 4) is 6.07 Å². The number of nitrogens with one attached hydrogen (secondary N) is 1. The highest BCUT2D eigenvalue weighted by molar-refractivity contribution is 6.33. The third-order valence-electron chi connectivity index (χ3n) is 6.36. The van der Waals surface area contributed by atoms with Gasteiger partial charge < -0.3 is 10.2 Å². The number of imide groups is 1. The number of non-ortho nitro benzene ring substituents is 1. The molecule has 0 aromatic heterocycles. The highest BCUT2D eigenvalue weighted by atomic mass is 35.5. The summed E-state index contributed by atoms with van der Waals surface area (Å²) < 4.78 is 0. The molecule has 3 amide bonds. The van der Waals surface area contributed by atoms with E-state index < -0.39 is 4.92 Å². The maximum Gasteiger partial charge on any atom is 0.272 e. The second-order valence-corrected chi connectivity index (χ2v) is 9.42. The molecule has 13 heteroatoms. The lowest BCUT2D eigenvalue weighted by molar-refractivity contribution is -0.384. The lowest BCUT2D eigenvalue weighted by atomic mass is 10.1. The summed E-state index contributed by atoms with van der Waals surface area (Å²) in [7, 11) is 0. The van der Waals surface area contributed by atoms with E-state index in [4.69, 9.17) is 11.6 Å². The van der Waals surface area contributed by atoms with E-state index in [1.54, 1.807) is 42.5 Å². The van der Waals surface area contributed by atoms with Gasteiger partial charge in [-0.25, -0.2) is 0 Å². The van der Waals surface area contributed by atoms with Crippen LogP contribution < -0.4 is 10.2 Å². The van der Waals surface area contributed by atoms with Gasteiger partial charge in [-0.1, -0.05) is 23.7 Å². The Morgan fingerprint density at radius 1 is 1.12 bits per heavy atom. The summed E-state index contributed by atoms with van der Waals surface area (Å²) in [5, 5.41) is 31.3. The molecule has 0 fully saturated rings. The van der Waals surface area contributed by atoms with Crippen molar-refractivity contribution in [2.24, 2.45) is 10.2 Å². The zero-order valence-corrected chi connectivity index (χ0v) is 22.9. The highest BCUT2D eigenvalue weighted by Gasteiger charge is 2.34. The van der Waals surface area contributed by atoms with Crippen molar-refractivity contribution in [3.05, 3.63) is 86.4 Å². The molecular weight excluding hydrogens is 550 g/mol. The summed E-state index contributed by atoms with van der Waals surface area (Å²) in [5.41, 5.74) is 1.67. The van der Waals surface area contributed by atoms with E-state index >= 15 is 0 Å². The molecule has 4 rings (SSSR count). The van der Waals surface area contributed by atoms with Gasteiger partial charge in [0.05, 0.1) is 32.3 Å². The number of carbonyl (C=O) groups is 3. The number of amides is 3. The molecule has 41 heavy (non-hydrogen) atoms. The Morgan fingerprint density at radius 3 is 2.39 bits per heavy atom. The van der Waals surface area contributed by atoms with E-state index in [-0.39, 0.29) is 51.9 Å². The number of nitro groups is 1. The fourth-order valence-electron chi connectivity index (χ4n) is 4.41. The van der Waals surface area contributed by atoms with Crippen LogP contribution in [0.4, 0.5) is 28.4 Å². The molecule has 0 atom stereocenters. The molecule has 3 aromatic rings. The smallest absolute Gasteiger partial charge is 0.272 e. The Labute approximate surface area is 240 Å². The first-order valence-corrected chi connectivity index (χ1v) is 12.9. The lowest BCUT2D eigenvalue weighted by Crippen LogP contribution is -2.33. The van der Waals surface area contributed by atoms with Gasteiger partial charge in [-0.2, -0.15) is 5.26 Å². The molecular formula is C28H24ClN7O5. The zero-order chi connectivity index (χ0) is 29.7. The summed E-state index contributed by atoms with van der Waals surface area (Å²) in [5.74, 6) is -0.952. The predicted octanol–water partition coefficient (Wildman–Crippen LogP) is 6.01. The van der Waals surface area contributed by atoms with Crippen LogP contribution in [0.1, 0.15) is 46.5 Å². The number of azo groups is 1. The normalized spacial score (nSPS) is 12.4. The average Bonchev–Trinajstić information content (AvgIpc) is 3.19. The second kappa shape index (κ2) is 12.4. The second-order valence-electron chi connectivity index (χ2n) is 9.02. The monoisotopic (exact) mass is 573 g/mol. The largest absolute Gasteiger partial charge is 0.372 e. The van der Waals surface area contributed by atoms with Crippen molar-refractivity contribution < 1.29 is 19.3 Å². The van der Waals surface area contributed by atoms with Crippen molar-refractivity contribution in [1.82, 2.24) is 4.90 Å². The number of carbonyl (C=O) groups excluding carboxylic acids is 3. The maximum atomic E-state index is 12.7. The van der Waals surface area contributed by atoms with Crippen molar-refractivity contribution in [2.75, 3.05) is 29.9 Å². The van der Waals surface area contributed by atoms with Crippen molar-refractivity contribution in [1.29, 1.82) is 5.26 Å². The van der Waals surface area contributed by atoms with Crippen LogP contribution >= 0.6 is 11.6 Å². The molecule has 0 unspecified atom stereocenters. The Balaban J connectivity index is 1.53. The number of hydrogen-bond acceptors (Lipinski definition) is 9. The molecule has 0 bridgehead atoms. The van der Waals surface area contributed by atoms with Gasteiger partial charge in [0.15, 0.2) is 0 Å². The van der Waals surface area contributed by atoms with Crippen LogP contribution in [0.15, 0.2) is 64.8 Å². The van der Waals surface area contributed by atoms with E-state index in [9.17, 15) is 29.8 Å². The van der Waals surface area contributed by atoms with Gasteiger partial charge in [-0.05, 0) is 43.7 Å². The summed E-state index contributed by atoms with van der Waals surface area (Å²) >= 11 is 6.14. The molecule has 0 radical (unpaired) electrons. The number of anilines is 2. The minimum absolute atomic E-state index is 0.0408. The molecule has 0 aliphatic carbocycles. The van der Waals surface area contributed by atoms with Crippen LogP contribution in [0.3, 0.4) is 0 Å². The Kier molecular flexibility index (Phi) is 8.69. The van der Waals surface area contributed by atoms with Crippen LogP contribution in [0.25, 0.3) is 0 Å². The van der Waals surface area contributed by atoms with Crippen LogP contribution in [0.5, 0.6) is 0 Å². The van der Waals surface area contributed by atoms with E-state index in [0.29, 0.717) is 36.3 Å². The minimum atomic E-state index is -0.666. The molecule has 208 valence electrons. The van der Waals surface area contributed by atoms with Crippen LogP contribution in [0, 0.1) is 21.4 Å². The molecule has 0 saturated heterocycles. The number of halogens is 1. The summed E-state index contributed by atoms with van der Waals surface area (Å²) in [6.07, 6.45) is 0.520. The fourth-order valence-corrected chi connectivity index (χ4v) is 4.66. The molecule has 3 aromatic carbocycles. The summed E-state index contributed by atoms with van der Waals surface area (Å²) in [6.45, 7) is 4.67. The number of nitriles is 1. The fraction of sp³-hybridized carbons (Fsp3) is 0.214. The van der Waals surface area contributed by atoms with Gasteiger partial charge in [0.1, 0.15) is 17.4 Å². The van der Waals surface area contributed by atoms with E-state index in [0.717, 1.165) is 17.8 Å². The molecule has 0 spiro atoms. The highest BCUT2D eigenvalue weighted by Crippen LogP contribution is 2.37. The molecule has 1 aliphatic rings. The minimum Gasteiger partial charge on any atom is -0.372 e. The number of rotatable bonds is 10. The first-order valence-electron chi connectivity index (χ1n) is 12.6. The molecule has 1 heterocycles. The van der Waals surface area contributed by atoms with Gasteiger partial charge in [-0.3, -0.25) is 29.4 Å². The first kappa shape index (κ1) is 28.8. The summed E-state index contributed by atoms with van der Waals surface area (Å²) in [6, 6.07) is 15.8.